The summed E-state index contributed by atoms with van der Waals surface area (Å²) in [6.45, 7) is 0.786. The molecule has 4 aromatic rings. The molecule has 1 aliphatic rings. The molecule has 3 N–H and O–H groups in total. The molecule has 3 heterocycles. The minimum atomic E-state index is -1.59. The molecule has 1 saturated heterocycles. The number of nitrogens with two attached hydrogens (primary N) is 1. The molecule has 1 fully saturated rings. The van der Waals surface area contributed by atoms with Crippen LogP contribution in [0.4, 0.5) is 19.0 Å². The van der Waals surface area contributed by atoms with Crippen LogP contribution in [0.3, 0.4) is 0 Å². The average molecular weight is 537 g/mol. The molecule has 12 heteroatoms. The lowest BCUT2D eigenvalue weighted by molar-refractivity contribution is 0.0695. The molecule has 0 amide bonds. The highest BCUT2D eigenvalue weighted by Crippen LogP contribution is 2.28. The summed E-state index contributed by atoms with van der Waals surface area (Å²) in [5.41, 5.74) is 5.20. The Bertz CT molecular complexity index is 1660. The van der Waals surface area contributed by atoms with Crippen LogP contribution in [0, 0.1) is 23.4 Å². The van der Waals surface area contributed by atoms with Crippen LogP contribution in [0.1, 0.15) is 15.9 Å². The summed E-state index contributed by atoms with van der Waals surface area (Å²) in [7, 11) is 0. The second kappa shape index (κ2) is 10.6. The summed E-state index contributed by atoms with van der Waals surface area (Å²) >= 11 is 0. The van der Waals surface area contributed by atoms with E-state index in [0.29, 0.717) is 11.8 Å². The molecule has 2 aromatic heterocycles. The lowest BCUT2D eigenvalue weighted by Crippen LogP contribution is -2.26. The van der Waals surface area contributed by atoms with Gasteiger partial charge in [0.15, 0.2) is 17.3 Å². The van der Waals surface area contributed by atoms with E-state index < -0.39 is 34.4 Å². The SMILES string of the molecule is NCC1CN(c2nc3c(cc2F)c(=O)c(C(=O)O)cn3-c2ccc(F)cc2F)CC1=NOCc1ccccc1. The van der Waals surface area contributed by atoms with Crippen LogP contribution >= 0.6 is 0 Å². The lowest BCUT2D eigenvalue weighted by atomic mass is 10.1. The predicted molar refractivity (Wildman–Crippen MR) is 138 cm³/mol. The number of rotatable bonds is 7. The Morgan fingerprint density at radius 2 is 1.90 bits per heavy atom. The number of pyridine rings is 2. The first-order chi connectivity index (χ1) is 18.8. The van der Waals surface area contributed by atoms with Crippen molar-refractivity contribution in [3.05, 3.63) is 99.6 Å². The number of benzene rings is 2. The van der Waals surface area contributed by atoms with Crippen molar-refractivity contribution in [1.29, 1.82) is 0 Å². The maximum absolute atomic E-state index is 15.4. The van der Waals surface area contributed by atoms with Crippen molar-refractivity contribution in [3.8, 4) is 5.69 Å². The molecule has 39 heavy (non-hydrogen) atoms. The number of nitrogens with zero attached hydrogens (tertiary/aromatic N) is 4. The second-order valence-corrected chi connectivity index (χ2v) is 8.96. The number of carbonyl (C=O) groups is 1. The van der Waals surface area contributed by atoms with Gasteiger partial charge in [-0.25, -0.2) is 22.9 Å². The Morgan fingerprint density at radius 1 is 1.13 bits per heavy atom. The largest absolute Gasteiger partial charge is 0.477 e. The Labute approximate surface area is 219 Å². The van der Waals surface area contributed by atoms with Crippen molar-refractivity contribution in [2.45, 2.75) is 6.61 Å². The zero-order valence-corrected chi connectivity index (χ0v) is 20.4. The van der Waals surface area contributed by atoms with Gasteiger partial charge in [-0.2, -0.15) is 0 Å². The minimum absolute atomic E-state index is 0.119. The number of anilines is 1. The zero-order valence-electron chi connectivity index (χ0n) is 20.4. The molecule has 1 aliphatic heterocycles. The van der Waals surface area contributed by atoms with Crippen LogP contribution in [0.15, 0.2) is 70.7 Å². The summed E-state index contributed by atoms with van der Waals surface area (Å²) < 4.78 is 44.6. The van der Waals surface area contributed by atoms with Crippen molar-refractivity contribution >= 4 is 28.5 Å². The molecule has 0 radical (unpaired) electrons. The molecule has 0 spiro atoms. The quantitative estimate of drug-likeness (QED) is 0.346. The van der Waals surface area contributed by atoms with E-state index in [-0.39, 0.29) is 54.7 Å². The average Bonchev–Trinajstić information content (AvgIpc) is 3.32. The second-order valence-electron chi connectivity index (χ2n) is 8.96. The van der Waals surface area contributed by atoms with Gasteiger partial charge in [0, 0.05) is 31.3 Å². The van der Waals surface area contributed by atoms with Crippen LogP contribution < -0.4 is 16.1 Å². The summed E-state index contributed by atoms with van der Waals surface area (Å²) in [5.74, 6) is -4.82. The number of hydrogen-bond donors (Lipinski definition) is 2. The molecule has 9 nitrogen and oxygen atoms in total. The highest BCUT2D eigenvalue weighted by molar-refractivity contribution is 5.95. The fraction of sp³-hybridized carbons (Fsp3) is 0.185. The molecule has 0 bridgehead atoms. The van der Waals surface area contributed by atoms with Gasteiger partial charge in [-0.1, -0.05) is 35.5 Å². The summed E-state index contributed by atoms with van der Waals surface area (Å²) in [5, 5.41) is 13.3. The van der Waals surface area contributed by atoms with Crippen LogP contribution in [-0.2, 0) is 11.4 Å². The van der Waals surface area contributed by atoms with Gasteiger partial charge in [0.25, 0.3) is 0 Å². The van der Waals surface area contributed by atoms with E-state index in [1.165, 1.54) is 0 Å². The third-order valence-corrected chi connectivity index (χ3v) is 6.42. The third kappa shape index (κ3) is 5.06. The predicted octanol–water partition coefficient (Wildman–Crippen LogP) is 3.47. The maximum Gasteiger partial charge on any atom is 0.341 e. The standard InChI is InChI=1S/C27H22F3N5O4/c28-17-6-7-23(20(29)8-17)35-12-19(27(37)38)24(36)18-9-21(30)26(32-25(18)35)34-11-16(10-31)22(13-34)33-39-14-15-4-2-1-3-5-15/h1-9,12,16H,10-11,13-14,31H2,(H,37,38). The van der Waals surface area contributed by atoms with E-state index in [2.05, 4.69) is 10.1 Å². The normalized spacial score (nSPS) is 16.3. The number of oxime groups is 1. The fourth-order valence-electron chi connectivity index (χ4n) is 4.45. The van der Waals surface area contributed by atoms with Crippen molar-refractivity contribution in [2.75, 3.05) is 24.5 Å². The van der Waals surface area contributed by atoms with E-state index in [9.17, 15) is 23.5 Å². The van der Waals surface area contributed by atoms with E-state index in [1.54, 1.807) is 4.90 Å². The molecule has 1 atom stereocenters. The van der Waals surface area contributed by atoms with Gasteiger partial charge >= 0.3 is 5.97 Å². The molecule has 200 valence electrons. The molecule has 0 saturated carbocycles. The Balaban J connectivity index is 1.56. The van der Waals surface area contributed by atoms with Gasteiger partial charge in [0.2, 0.25) is 5.43 Å². The monoisotopic (exact) mass is 537 g/mol. The van der Waals surface area contributed by atoms with Crippen molar-refractivity contribution in [3.63, 3.8) is 0 Å². The topological polar surface area (TPSA) is 123 Å². The molecular weight excluding hydrogens is 515 g/mol. The lowest BCUT2D eigenvalue weighted by Gasteiger charge is -2.19. The van der Waals surface area contributed by atoms with Crippen LogP contribution in [0.5, 0.6) is 0 Å². The van der Waals surface area contributed by atoms with Crippen LogP contribution in [0.25, 0.3) is 16.7 Å². The van der Waals surface area contributed by atoms with E-state index >= 15 is 4.39 Å². The highest BCUT2D eigenvalue weighted by atomic mass is 19.1. The van der Waals surface area contributed by atoms with Crippen LogP contribution in [0.2, 0.25) is 0 Å². The smallest absolute Gasteiger partial charge is 0.341 e. The number of aromatic carboxylic acids is 1. The maximum atomic E-state index is 15.4. The van der Waals surface area contributed by atoms with E-state index in [4.69, 9.17) is 10.6 Å². The number of carboxylic acid groups (broad SMARTS) is 1. The van der Waals surface area contributed by atoms with Crippen LogP contribution in [-0.4, -0.2) is 46.0 Å². The number of halogens is 3. The van der Waals surface area contributed by atoms with Gasteiger partial charge in [-0.15, -0.1) is 0 Å². The molecule has 5 rings (SSSR count). The highest BCUT2D eigenvalue weighted by Gasteiger charge is 2.32. The molecule has 2 aromatic carbocycles. The van der Waals surface area contributed by atoms with Gasteiger partial charge in [0.05, 0.1) is 23.3 Å². The molecule has 1 unspecified atom stereocenters. The van der Waals surface area contributed by atoms with E-state index in [1.807, 2.05) is 30.3 Å². The summed E-state index contributed by atoms with van der Waals surface area (Å²) in [6.07, 6.45) is 0.884. The van der Waals surface area contributed by atoms with Gasteiger partial charge in [-0.05, 0) is 23.8 Å². The minimum Gasteiger partial charge on any atom is -0.477 e. The van der Waals surface area contributed by atoms with Gasteiger partial charge in [0.1, 0.15) is 23.8 Å². The van der Waals surface area contributed by atoms with Crippen molar-refractivity contribution in [1.82, 2.24) is 9.55 Å². The number of aromatic nitrogens is 2. The number of fused-ring (bicyclic) bond motifs is 1. The Hall–Kier alpha value is -4.71. The molecular formula is C27H22F3N5O4. The van der Waals surface area contributed by atoms with Crippen molar-refractivity contribution in [2.24, 2.45) is 16.8 Å². The summed E-state index contributed by atoms with van der Waals surface area (Å²) in [4.78, 5) is 35.9. The van der Waals surface area contributed by atoms with Gasteiger partial charge < -0.3 is 20.6 Å². The first-order valence-corrected chi connectivity index (χ1v) is 11.9. The van der Waals surface area contributed by atoms with E-state index in [0.717, 1.165) is 34.5 Å². The third-order valence-electron chi connectivity index (χ3n) is 6.42. The molecule has 0 aliphatic carbocycles. The zero-order chi connectivity index (χ0) is 27.7. The Morgan fingerprint density at radius 3 is 2.59 bits per heavy atom. The van der Waals surface area contributed by atoms with Gasteiger partial charge in [-0.3, -0.25) is 9.36 Å². The fourth-order valence-corrected chi connectivity index (χ4v) is 4.45. The first kappa shape index (κ1) is 25.9. The number of hydrogen-bond acceptors (Lipinski definition) is 7. The number of carboxylic acids is 1. The summed E-state index contributed by atoms with van der Waals surface area (Å²) in [6, 6.07) is 12.9. The van der Waals surface area contributed by atoms with Crippen molar-refractivity contribution < 1.29 is 27.9 Å². The first-order valence-electron chi connectivity index (χ1n) is 11.9. The Kier molecular flexibility index (Phi) is 7.03.